The Labute approximate surface area is 531 Å². The van der Waals surface area contributed by atoms with Crippen LogP contribution in [-0.2, 0) is 49.4 Å². The van der Waals surface area contributed by atoms with Crippen molar-refractivity contribution >= 4 is 110 Å². The van der Waals surface area contributed by atoms with E-state index in [2.05, 4.69) is 281 Å². The molecule has 90 heavy (non-hydrogen) atoms. The normalized spacial score (nSPS) is 13.8. The Kier molecular flexibility index (Phi) is 13.6. The molecule has 0 N–H and O–H groups in total. The summed E-state index contributed by atoms with van der Waals surface area (Å²) in [4.78, 5) is 5.44. The summed E-state index contributed by atoms with van der Waals surface area (Å²) in [7, 11) is 0. The molecule has 0 aliphatic heterocycles. The number of aromatic nitrogens is 2. The lowest BCUT2D eigenvalue weighted by molar-refractivity contribution is 0.589. The van der Waals surface area contributed by atoms with Crippen LogP contribution >= 0.6 is 0 Å². The topological polar surface area (TPSA) is 16.3 Å². The number of para-hydroxylation sites is 2. The van der Waals surface area contributed by atoms with Crippen LogP contribution in [0.5, 0.6) is 0 Å². The summed E-state index contributed by atoms with van der Waals surface area (Å²) < 4.78 is 5.06. The third kappa shape index (κ3) is 9.05. The van der Waals surface area contributed by atoms with E-state index < -0.39 is 0 Å². The molecule has 446 valence electrons. The average Bonchev–Trinajstić information content (AvgIpc) is 0.793. The maximum absolute atomic E-state index is 2.74. The van der Waals surface area contributed by atoms with Crippen LogP contribution in [0, 0.1) is 0 Å². The number of hydrogen-bond acceptors (Lipinski definition) is 2. The summed E-state index contributed by atoms with van der Waals surface area (Å²) in [6.45, 7) is 18.7. The van der Waals surface area contributed by atoms with E-state index in [4.69, 9.17) is 0 Å². The Morgan fingerprint density at radius 2 is 0.778 bits per heavy atom. The van der Waals surface area contributed by atoms with Crippen LogP contribution in [0.3, 0.4) is 0 Å². The van der Waals surface area contributed by atoms with E-state index in [1.54, 1.807) is 0 Å². The molecule has 12 aromatic carbocycles. The van der Waals surface area contributed by atoms with Crippen LogP contribution in [0.2, 0.25) is 0 Å². The Hall–Kier alpha value is -9.12. The van der Waals surface area contributed by atoms with Crippen molar-refractivity contribution in [3.8, 4) is 11.4 Å². The summed E-state index contributed by atoms with van der Waals surface area (Å²) in [6.07, 6.45) is 13.2. The van der Waals surface area contributed by atoms with Crippen molar-refractivity contribution < 1.29 is 0 Å². The van der Waals surface area contributed by atoms with E-state index in [1.165, 1.54) is 192 Å². The maximum atomic E-state index is 2.74. The van der Waals surface area contributed by atoms with Gasteiger partial charge in [0, 0.05) is 60.8 Å². The van der Waals surface area contributed by atoms with Crippen molar-refractivity contribution in [2.75, 3.05) is 9.80 Å². The SMILES string of the molecule is CCCc1cc(N(c2ccc3c4ccccc4n(-c4cccc(C(C)(C)C)c4)c3c2)c2cccc3c2CCCC3)c2ccc3c(CCC)cc(N(c4cccc5c4CCCC5)c4cccc5c4c4ccccc4n5-c4cccc(C(C)(C)C)c4)c4ccc1c2c34. The smallest absolute Gasteiger partial charge is 0.0562 e. The third-order valence-corrected chi connectivity index (χ3v) is 20.5. The molecule has 14 aromatic rings. The van der Waals surface area contributed by atoms with Gasteiger partial charge in [-0.05, 0) is 226 Å². The van der Waals surface area contributed by atoms with Crippen molar-refractivity contribution in [2.24, 2.45) is 0 Å². The first-order chi connectivity index (χ1) is 43.9. The van der Waals surface area contributed by atoms with Gasteiger partial charge in [0.15, 0.2) is 0 Å². The van der Waals surface area contributed by atoms with Gasteiger partial charge in [-0.1, -0.05) is 190 Å². The van der Waals surface area contributed by atoms with Gasteiger partial charge in [0.1, 0.15) is 0 Å². The number of anilines is 6. The molecule has 0 spiro atoms. The van der Waals surface area contributed by atoms with Gasteiger partial charge in [0.05, 0.1) is 39.1 Å². The first-order valence-corrected chi connectivity index (χ1v) is 33.7. The van der Waals surface area contributed by atoms with E-state index in [0.29, 0.717) is 0 Å². The summed E-state index contributed by atoms with van der Waals surface area (Å²) >= 11 is 0. The van der Waals surface area contributed by atoms with Crippen LogP contribution in [-0.4, -0.2) is 9.13 Å². The molecule has 4 heteroatoms. The van der Waals surface area contributed by atoms with Crippen LogP contribution in [0.1, 0.15) is 138 Å². The monoisotopic (exact) mass is 1170 g/mol. The molecule has 0 saturated carbocycles. The highest BCUT2D eigenvalue weighted by atomic mass is 15.2. The van der Waals surface area contributed by atoms with Crippen LogP contribution < -0.4 is 9.80 Å². The Balaban J connectivity index is 0.999. The van der Waals surface area contributed by atoms with Gasteiger partial charge in [-0.3, -0.25) is 0 Å². The lowest BCUT2D eigenvalue weighted by Gasteiger charge is -2.34. The lowest BCUT2D eigenvalue weighted by Crippen LogP contribution is -2.17. The Morgan fingerprint density at radius 3 is 1.36 bits per heavy atom. The molecule has 16 rings (SSSR count). The fourth-order valence-corrected chi connectivity index (χ4v) is 16.2. The van der Waals surface area contributed by atoms with Crippen molar-refractivity contribution in [3.63, 3.8) is 0 Å². The number of benzene rings is 12. The number of rotatable bonds is 12. The molecule has 2 aliphatic rings. The summed E-state index contributed by atoms with van der Waals surface area (Å²) in [5, 5.41) is 13.1. The molecule has 2 aromatic heterocycles. The number of nitrogens with zero attached hydrogens (tertiary/aromatic N) is 4. The third-order valence-electron chi connectivity index (χ3n) is 20.5. The highest BCUT2D eigenvalue weighted by molar-refractivity contribution is 6.30. The van der Waals surface area contributed by atoms with Crippen molar-refractivity contribution in [2.45, 2.75) is 143 Å². The predicted molar refractivity (Wildman–Crippen MR) is 387 cm³/mol. The van der Waals surface area contributed by atoms with Gasteiger partial charge in [0.2, 0.25) is 0 Å². The van der Waals surface area contributed by atoms with Gasteiger partial charge in [-0.15, -0.1) is 0 Å². The molecule has 0 saturated heterocycles. The Morgan fingerprint density at radius 1 is 0.333 bits per heavy atom. The number of aryl methyl sites for hydroxylation is 4. The molecule has 0 amide bonds. The molecule has 2 heterocycles. The van der Waals surface area contributed by atoms with Crippen LogP contribution in [0.15, 0.2) is 206 Å². The van der Waals surface area contributed by atoms with Gasteiger partial charge in [0.25, 0.3) is 0 Å². The van der Waals surface area contributed by atoms with E-state index in [9.17, 15) is 0 Å². The van der Waals surface area contributed by atoms with E-state index in [-0.39, 0.29) is 10.8 Å². The minimum Gasteiger partial charge on any atom is -0.309 e. The molecular weight excluding hydrogens is 1090 g/mol. The second-order valence-electron chi connectivity index (χ2n) is 28.3. The zero-order valence-electron chi connectivity index (χ0n) is 53.9. The summed E-state index contributed by atoms with van der Waals surface area (Å²) in [5.41, 5.74) is 26.2. The zero-order valence-corrected chi connectivity index (χ0v) is 53.9. The van der Waals surface area contributed by atoms with Gasteiger partial charge >= 0.3 is 0 Å². The Bertz CT molecular complexity index is 5150. The predicted octanol–water partition coefficient (Wildman–Crippen LogP) is 24.0. The first-order valence-electron chi connectivity index (χ1n) is 33.7. The molecule has 0 unspecified atom stereocenters. The molecule has 0 atom stereocenters. The van der Waals surface area contributed by atoms with Gasteiger partial charge in [-0.25, -0.2) is 0 Å². The quantitative estimate of drug-likeness (QED) is 0.113. The second kappa shape index (κ2) is 21.8. The standard InChI is InChI=1S/C86H82N4/c1-9-24-57-50-79(89(73-40-19-28-55-26-11-13-34-64(55)73)63-44-45-69-68-36-15-17-38-75(68)88(81(69)54-63)62-33-22-31-60(53-62)86(6,7)8)71-48-46-67-58(25-10-2)51-80(72-49-47-66(57)82(71)83(67)72)90(74-41-20-29-56-27-12-14-35-65(56)74)78-43-23-42-77-84(78)70-37-16-18-39-76(70)87(77)61-32-21-30-59(52-61)85(3,4)5/h15-23,28-33,36-54H,9-14,24-27,34-35H2,1-8H3. The number of fused-ring (bicyclic) bond motifs is 8. The van der Waals surface area contributed by atoms with Crippen LogP contribution in [0.4, 0.5) is 34.1 Å². The lowest BCUT2D eigenvalue weighted by atomic mass is 9.85. The molecule has 2 aliphatic carbocycles. The summed E-state index contributed by atoms with van der Waals surface area (Å²) in [6, 6.07) is 80.8. The van der Waals surface area contributed by atoms with E-state index >= 15 is 0 Å². The van der Waals surface area contributed by atoms with Crippen molar-refractivity contribution in [3.05, 3.63) is 251 Å². The molecule has 0 radical (unpaired) electrons. The van der Waals surface area contributed by atoms with Gasteiger partial charge < -0.3 is 18.9 Å². The zero-order chi connectivity index (χ0) is 61.2. The van der Waals surface area contributed by atoms with Crippen molar-refractivity contribution in [1.82, 2.24) is 9.13 Å². The minimum absolute atomic E-state index is 0.000972. The molecule has 0 bridgehead atoms. The average molecular weight is 1170 g/mol. The summed E-state index contributed by atoms with van der Waals surface area (Å²) in [5.74, 6) is 0. The fraction of sp³-hybridized carbons (Fsp3) is 0.256. The number of hydrogen-bond donors (Lipinski definition) is 0. The highest BCUT2D eigenvalue weighted by Gasteiger charge is 2.31. The first kappa shape index (κ1) is 56.1. The maximum Gasteiger partial charge on any atom is 0.0562 e. The van der Waals surface area contributed by atoms with E-state index in [1.807, 2.05) is 0 Å². The van der Waals surface area contributed by atoms with Gasteiger partial charge in [-0.2, -0.15) is 0 Å². The molecule has 4 nitrogen and oxygen atoms in total. The highest BCUT2D eigenvalue weighted by Crippen LogP contribution is 2.54. The minimum atomic E-state index is 0.000972. The van der Waals surface area contributed by atoms with Crippen molar-refractivity contribution in [1.29, 1.82) is 0 Å². The second-order valence-corrected chi connectivity index (χ2v) is 28.3. The fourth-order valence-electron chi connectivity index (χ4n) is 16.2. The molecular formula is C86H82N4. The molecule has 0 fully saturated rings. The van der Waals surface area contributed by atoms with E-state index in [0.717, 1.165) is 51.4 Å². The van der Waals surface area contributed by atoms with Crippen LogP contribution in [0.25, 0.3) is 87.3 Å². The largest absolute Gasteiger partial charge is 0.309 e.